The number of hydrogen-bond acceptors (Lipinski definition) is 2. The van der Waals surface area contributed by atoms with Gasteiger partial charge in [0.25, 0.3) is 0 Å². The van der Waals surface area contributed by atoms with Gasteiger partial charge in [-0.1, -0.05) is 19.9 Å². The molecular formula is C11H23NO. The second kappa shape index (κ2) is 5.40. The lowest BCUT2D eigenvalue weighted by Gasteiger charge is -2.40. The minimum atomic E-state index is -0.329. The van der Waals surface area contributed by atoms with Crippen LogP contribution in [0.5, 0.6) is 0 Å². The van der Waals surface area contributed by atoms with Gasteiger partial charge in [-0.05, 0) is 33.4 Å². The summed E-state index contributed by atoms with van der Waals surface area (Å²) in [6, 6.07) is 0. The normalized spacial score (nSPS) is 14.6. The molecule has 0 aliphatic carbocycles. The van der Waals surface area contributed by atoms with Crippen molar-refractivity contribution < 1.29 is 5.11 Å². The first kappa shape index (κ1) is 12.7. The van der Waals surface area contributed by atoms with E-state index in [-0.39, 0.29) is 11.6 Å². The average Bonchev–Trinajstić information content (AvgIpc) is 2.06. The highest BCUT2D eigenvalue weighted by molar-refractivity contribution is 4.91. The predicted molar refractivity (Wildman–Crippen MR) is 57.8 cm³/mol. The third-order valence-electron chi connectivity index (χ3n) is 2.78. The summed E-state index contributed by atoms with van der Waals surface area (Å²) in [5.74, 6) is 0. The number of nitrogens with zero attached hydrogens (tertiary/aromatic N) is 1. The van der Waals surface area contributed by atoms with Gasteiger partial charge in [-0.15, -0.1) is 6.58 Å². The van der Waals surface area contributed by atoms with Crippen LogP contribution in [0.15, 0.2) is 12.7 Å². The van der Waals surface area contributed by atoms with Crippen molar-refractivity contribution in [1.82, 2.24) is 4.90 Å². The van der Waals surface area contributed by atoms with E-state index in [1.807, 2.05) is 0 Å². The standard InChI is InChI=1S/C11H23NO/c1-6-9-10(13)11(4,5)12(7-2)8-3/h6,10,13H,1,7-9H2,2-5H3. The van der Waals surface area contributed by atoms with E-state index in [4.69, 9.17) is 0 Å². The second-order valence-corrected chi connectivity index (χ2v) is 3.87. The zero-order valence-corrected chi connectivity index (χ0v) is 9.38. The van der Waals surface area contributed by atoms with Gasteiger partial charge < -0.3 is 5.11 Å². The largest absolute Gasteiger partial charge is 0.391 e. The summed E-state index contributed by atoms with van der Waals surface area (Å²) >= 11 is 0. The molecule has 0 aromatic carbocycles. The lowest BCUT2D eigenvalue weighted by atomic mass is 9.92. The number of rotatable bonds is 6. The Bertz CT molecular complexity index is 150. The summed E-state index contributed by atoms with van der Waals surface area (Å²) in [5.41, 5.74) is -0.155. The van der Waals surface area contributed by atoms with Gasteiger partial charge in [0.05, 0.1) is 6.10 Å². The van der Waals surface area contributed by atoms with Gasteiger partial charge in [0, 0.05) is 5.54 Å². The molecule has 0 saturated heterocycles. The van der Waals surface area contributed by atoms with Crippen LogP contribution in [0.3, 0.4) is 0 Å². The van der Waals surface area contributed by atoms with E-state index in [0.717, 1.165) is 13.1 Å². The molecule has 1 N–H and O–H groups in total. The van der Waals surface area contributed by atoms with Gasteiger partial charge >= 0.3 is 0 Å². The Morgan fingerprint density at radius 2 is 1.85 bits per heavy atom. The number of aliphatic hydroxyl groups excluding tert-OH is 1. The minimum absolute atomic E-state index is 0.155. The highest BCUT2D eigenvalue weighted by Gasteiger charge is 2.31. The van der Waals surface area contributed by atoms with E-state index in [9.17, 15) is 5.11 Å². The van der Waals surface area contributed by atoms with Crippen molar-refractivity contribution in [2.45, 2.75) is 45.8 Å². The van der Waals surface area contributed by atoms with Crippen LogP contribution in [0, 0.1) is 0 Å². The minimum Gasteiger partial charge on any atom is -0.391 e. The summed E-state index contributed by atoms with van der Waals surface area (Å²) in [7, 11) is 0. The zero-order valence-electron chi connectivity index (χ0n) is 9.38. The summed E-state index contributed by atoms with van der Waals surface area (Å²) in [4.78, 5) is 2.27. The van der Waals surface area contributed by atoms with Crippen molar-refractivity contribution in [1.29, 1.82) is 0 Å². The molecule has 78 valence electrons. The van der Waals surface area contributed by atoms with Gasteiger partial charge in [0.1, 0.15) is 0 Å². The molecule has 0 heterocycles. The fourth-order valence-corrected chi connectivity index (χ4v) is 1.70. The molecule has 0 aliphatic rings. The zero-order chi connectivity index (χ0) is 10.5. The van der Waals surface area contributed by atoms with Crippen LogP contribution in [0.2, 0.25) is 0 Å². The average molecular weight is 185 g/mol. The summed E-state index contributed by atoms with van der Waals surface area (Å²) < 4.78 is 0. The Hall–Kier alpha value is -0.340. The molecule has 0 radical (unpaired) electrons. The Morgan fingerprint density at radius 3 is 2.15 bits per heavy atom. The van der Waals surface area contributed by atoms with Crippen molar-refractivity contribution in [3.8, 4) is 0 Å². The quantitative estimate of drug-likeness (QED) is 0.640. The van der Waals surface area contributed by atoms with Crippen molar-refractivity contribution >= 4 is 0 Å². The van der Waals surface area contributed by atoms with E-state index < -0.39 is 0 Å². The van der Waals surface area contributed by atoms with E-state index >= 15 is 0 Å². The van der Waals surface area contributed by atoms with Crippen LogP contribution in [-0.4, -0.2) is 34.7 Å². The van der Waals surface area contributed by atoms with E-state index in [1.54, 1.807) is 6.08 Å². The first-order valence-electron chi connectivity index (χ1n) is 5.04. The highest BCUT2D eigenvalue weighted by atomic mass is 16.3. The first-order chi connectivity index (χ1) is 6.00. The van der Waals surface area contributed by atoms with Crippen LogP contribution in [0.1, 0.15) is 34.1 Å². The fraction of sp³-hybridized carbons (Fsp3) is 0.818. The van der Waals surface area contributed by atoms with Crippen molar-refractivity contribution in [3.63, 3.8) is 0 Å². The third kappa shape index (κ3) is 3.12. The van der Waals surface area contributed by atoms with E-state index in [2.05, 4.69) is 39.2 Å². The van der Waals surface area contributed by atoms with Crippen molar-refractivity contribution in [2.75, 3.05) is 13.1 Å². The van der Waals surface area contributed by atoms with Gasteiger partial charge in [0.2, 0.25) is 0 Å². The number of hydrogen-bond donors (Lipinski definition) is 1. The SMILES string of the molecule is C=CCC(O)C(C)(C)N(CC)CC. The van der Waals surface area contributed by atoms with Crippen LogP contribution < -0.4 is 0 Å². The molecule has 1 atom stereocenters. The Labute approximate surface area is 82.3 Å². The third-order valence-corrected chi connectivity index (χ3v) is 2.78. The second-order valence-electron chi connectivity index (χ2n) is 3.87. The molecule has 0 rings (SSSR count). The number of aliphatic hydroxyl groups is 1. The molecule has 2 heteroatoms. The molecule has 13 heavy (non-hydrogen) atoms. The van der Waals surface area contributed by atoms with Crippen LogP contribution >= 0.6 is 0 Å². The molecule has 0 spiro atoms. The van der Waals surface area contributed by atoms with Gasteiger partial charge in [0.15, 0.2) is 0 Å². The van der Waals surface area contributed by atoms with Crippen LogP contribution in [0.4, 0.5) is 0 Å². The molecule has 1 unspecified atom stereocenters. The lowest BCUT2D eigenvalue weighted by molar-refractivity contribution is -0.00263. The molecule has 0 aromatic heterocycles. The van der Waals surface area contributed by atoms with E-state index in [0.29, 0.717) is 6.42 Å². The molecule has 0 fully saturated rings. The molecular weight excluding hydrogens is 162 g/mol. The topological polar surface area (TPSA) is 23.5 Å². The lowest BCUT2D eigenvalue weighted by Crippen LogP contribution is -2.52. The van der Waals surface area contributed by atoms with E-state index in [1.165, 1.54) is 0 Å². The Kier molecular flexibility index (Phi) is 5.26. The summed E-state index contributed by atoms with van der Waals surface area (Å²) in [5, 5.41) is 9.90. The molecule has 0 aromatic rings. The maximum Gasteiger partial charge on any atom is 0.0752 e. The van der Waals surface area contributed by atoms with Crippen molar-refractivity contribution in [3.05, 3.63) is 12.7 Å². The highest BCUT2D eigenvalue weighted by Crippen LogP contribution is 2.20. The maximum atomic E-state index is 9.90. The molecule has 2 nitrogen and oxygen atoms in total. The smallest absolute Gasteiger partial charge is 0.0752 e. The first-order valence-corrected chi connectivity index (χ1v) is 5.04. The fourth-order valence-electron chi connectivity index (χ4n) is 1.70. The van der Waals surface area contributed by atoms with Crippen molar-refractivity contribution in [2.24, 2.45) is 0 Å². The summed E-state index contributed by atoms with van der Waals surface area (Å²) in [6.07, 6.45) is 2.10. The van der Waals surface area contributed by atoms with Gasteiger partial charge in [-0.25, -0.2) is 0 Å². The maximum absolute atomic E-state index is 9.90. The summed E-state index contributed by atoms with van der Waals surface area (Å²) in [6.45, 7) is 14.0. The molecule has 0 bridgehead atoms. The predicted octanol–water partition coefficient (Wildman–Crippen LogP) is 2.04. The number of likely N-dealkylation sites (N-methyl/N-ethyl adjacent to an activating group) is 1. The van der Waals surface area contributed by atoms with Crippen LogP contribution in [0.25, 0.3) is 0 Å². The van der Waals surface area contributed by atoms with Gasteiger partial charge in [-0.2, -0.15) is 0 Å². The Morgan fingerprint density at radius 1 is 1.38 bits per heavy atom. The Balaban J connectivity index is 4.40. The molecule has 0 amide bonds. The molecule has 0 aliphatic heterocycles. The molecule has 0 saturated carbocycles. The van der Waals surface area contributed by atoms with Crippen LogP contribution in [-0.2, 0) is 0 Å². The monoisotopic (exact) mass is 185 g/mol. The van der Waals surface area contributed by atoms with Gasteiger partial charge in [-0.3, -0.25) is 4.90 Å².